The largest absolute Gasteiger partial charge is 0.393 e. The van der Waals surface area contributed by atoms with Gasteiger partial charge in [-0.05, 0) is 48.1 Å². The van der Waals surface area contributed by atoms with Crippen LogP contribution in [0, 0.1) is 0 Å². The molecule has 1 aromatic carbocycles. The first kappa shape index (κ1) is 12.6. The summed E-state index contributed by atoms with van der Waals surface area (Å²) in [6, 6.07) is 8.11. The summed E-state index contributed by atoms with van der Waals surface area (Å²) in [5, 5.41) is 12.9. The molecular weight excluding hydrogens is 258 g/mol. The van der Waals surface area contributed by atoms with Crippen molar-refractivity contribution in [2.24, 2.45) is 5.73 Å². The summed E-state index contributed by atoms with van der Waals surface area (Å²) in [6.07, 6.45) is 2.28. The summed E-state index contributed by atoms with van der Waals surface area (Å²) in [7, 11) is 0. The van der Waals surface area contributed by atoms with Crippen molar-refractivity contribution in [1.29, 1.82) is 0 Å². The monoisotopic (exact) mass is 275 g/mol. The average molecular weight is 275 g/mol. The molecule has 1 heterocycles. The third-order valence-electron chi connectivity index (χ3n) is 4.28. The topological polar surface area (TPSA) is 63.3 Å². The predicted octanol–water partition coefficient (Wildman–Crippen LogP) is 2.56. The van der Waals surface area contributed by atoms with Crippen molar-refractivity contribution in [1.82, 2.24) is 0 Å². The van der Waals surface area contributed by atoms with Crippen LogP contribution in [0.3, 0.4) is 0 Å². The lowest BCUT2D eigenvalue weighted by Crippen LogP contribution is -2.44. The van der Waals surface area contributed by atoms with E-state index in [4.69, 9.17) is 5.73 Å². The molecule has 1 aromatic heterocycles. The van der Waals surface area contributed by atoms with Crippen LogP contribution >= 0.6 is 11.3 Å². The number of fused-ring (bicyclic) bond motifs is 1. The normalized spacial score (nSPS) is 27.5. The van der Waals surface area contributed by atoms with E-state index in [-0.39, 0.29) is 12.0 Å². The van der Waals surface area contributed by atoms with Gasteiger partial charge < -0.3 is 10.8 Å². The standard InChI is InChI=1S/C15H17NO2S/c16-14(18)15(7-5-10(17)6-8-15)12-9-19-13-4-2-1-3-11(12)13/h1-4,9-10,17H,5-8H2,(H2,16,18). The number of primary amides is 1. The summed E-state index contributed by atoms with van der Waals surface area (Å²) in [6.45, 7) is 0. The van der Waals surface area contributed by atoms with Crippen LogP contribution < -0.4 is 5.73 Å². The van der Waals surface area contributed by atoms with Crippen molar-refractivity contribution in [3.63, 3.8) is 0 Å². The van der Waals surface area contributed by atoms with Crippen LogP contribution in [0.25, 0.3) is 10.1 Å². The maximum Gasteiger partial charge on any atom is 0.228 e. The zero-order valence-corrected chi connectivity index (χ0v) is 11.5. The van der Waals surface area contributed by atoms with Gasteiger partial charge >= 0.3 is 0 Å². The van der Waals surface area contributed by atoms with Gasteiger partial charge in [0.25, 0.3) is 0 Å². The molecule has 0 aliphatic heterocycles. The fourth-order valence-electron chi connectivity index (χ4n) is 3.09. The molecule has 0 atom stereocenters. The Balaban J connectivity index is 2.13. The van der Waals surface area contributed by atoms with Gasteiger partial charge in [0, 0.05) is 4.70 Å². The minimum absolute atomic E-state index is 0.261. The average Bonchev–Trinajstić information content (AvgIpc) is 2.84. The Kier molecular flexibility index (Phi) is 3.07. The van der Waals surface area contributed by atoms with E-state index in [0.29, 0.717) is 25.7 Å². The number of carbonyl (C=O) groups excluding carboxylic acids is 1. The van der Waals surface area contributed by atoms with Crippen molar-refractivity contribution in [2.45, 2.75) is 37.2 Å². The maximum absolute atomic E-state index is 12.1. The summed E-state index contributed by atoms with van der Waals surface area (Å²) in [4.78, 5) is 12.1. The van der Waals surface area contributed by atoms with Crippen LogP contribution in [-0.4, -0.2) is 17.1 Å². The Morgan fingerprint density at radius 2 is 2.00 bits per heavy atom. The van der Waals surface area contributed by atoms with E-state index in [9.17, 15) is 9.90 Å². The molecule has 0 unspecified atom stereocenters. The Hall–Kier alpha value is -1.39. The Bertz CT molecular complexity index is 611. The SMILES string of the molecule is NC(=O)C1(c2csc3ccccc23)CCC(O)CC1. The van der Waals surface area contributed by atoms with Gasteiger partial charge in [-0.25, -0.2) is 0 Å². The molecule has 1 amide bonds. The summed E-state index contributed by atoms with van der Waals surface area (Å²) in [5.74, 6) is -0.261. The van der Waals surface area contributed by atoms with Gasteiger partial charge in [0.1, 0.15) is 0 Å². The highest BCUT2D eigenvalue weighted by molar-refractivity contribution is 7.17. The van der Waals surface area contributed by atoms with E-state index in [1.807, 2.05) is 12.1 Å². The fraction of sp³-hybridized carbons (Fsp3) is 0.400. The molecule has 1 saturated carbocycles. The predicted molar refractivity (Wildman–Crippen MR) is 77.2 cm³/mol. The molecule has 4 heteroatoms. The Morgan fingerprint density at radius 3 is 2.68 bits per heavy atom. The minimum Gasteiger partial charge on any atom is -0.393 e. The van der Waals surface area contributed by atoms with Gasteiger partial charge in [-0.1, -0.05) is 18.2 Å². The fourth-order valence-corrected chi connectivity index (χ4v) is 4.15. The number of thiophene rings is 1. The number of nitrogens with two attached hydrogens (primary N) is 1. The second-order valence-electron chi connectivity index (χ2n) is 5.32. The zero-order valence-electron chi connectivity index (χ0n) is 10.6. The molecule has 0 saturated heterocycles. The quantitative estimate of drug-likeness (QED) is 0.884. The smallest absolute Gasteiger partial charge is 0.228 e. The van der Waals surface area contributed by atoms with Crippen molar-refractivity contribution >= 4 is 27.3 Å². The highest BCUT2D eigenvalue weighted by Gasteiger charge is 2.42. The molecule has 2 aromatic rings. The molecule has 19 heavy (non-hydrogen) atoms. The summed E-state index contributed by atoms with van der Waals surface area (Å²) < 4.78 is 1.18. The zero-order chi connectivity index (χ0) is 13.5. The number of benzene rings is 1. The van der Waals surface area contributed by atoms with Gasteiger partial charge in [0.2, 0.25) is 5.91 Å². The second kappa shape index (κ2) is 4.62. The van der Waals surface area contributed by atoms with Crippen LogP contribution in [0.15, 0.2) is 29.6 Å². The van der Waals surface area contributed by atoms with E-state index >= 15 is 0 Å². The number of hydrogen-bond donors (Lipinski definition) is 2. The molecule has 0 bridgehead atoms. The molecule has 3 rings (SSSR count). The second-order valence-corrected chi connectivity index (χ2v) is 6.23. The Morgan fingerprint density at radius 1 is 1.32 bits per heavy atom. The van der Waals surface area contributed by atoms with E-state index < -0.39 is 5.41 Å². The molecule has 1 aliphatic carbocycles. The van der Waals surface area contributed by atoms with Crippen LogP contribution in [0.5, 0.6) is 0 Å². The number of rotatable bonds is 2. The lowest BCUT2D eigenvalue weighted by molar-refractivity contribution is -0.125. The van der Waals surface area contributed by atoms with Crippen molar-refractivity contribution in [3.8, 4) is 0 Å². The number of amides is 1. The molecule has 3 nitrogen and oxygen atoms in total. The molecule has 1 aliphatic rings. The molecule has 3 N–H and O–H groups in total. The van der Waals surface area contributed by atoms with E-state index in [2.05, 4.69) is 17.5 Å². The van der Waals surface area contributed by atoms with Gasteiger partial charge in [-0.15, -0.1) is 11.3 Å². The maximum atomic E-state index is 12.1. The van der Waals surface area contributed by atoms with Crippen molar-refractivity contribution < 1.29 is 9.90 Å². The number of aliphatic hydroxyl groups is 1. The van der Waals surface area contributed by atoms with Gasteiger partial charge in [0.05, 0.1) is 11.5 Å². The first-order chi connectivity index (χ1) is 9.13. The highest BCUT2D eigenvalue weighted by Crippen LogP contribution is 2.44. The molecular formula is C15H17NO2S. The summed E-state index contributed by atoms with van der Waals surface area (Å²) in [5.41, 5.74) is 6.16. The lowest BCUT2D eigenvalue weighted by atomic mass is 9.68. The van der Waals surface area contributed by atoms with Crippen LogP contribution in [0.4, 0.5) is 0 Å². The van der Waals surface area contributed by atoms with Crippen molar-refractivity contribution in [3.05, 3.63) is 35.2 Å². The van der Waals surface area contributed by atoms with E-state index in [1.54, 1.807) is 11.3 Å². The number of carbonyl (C=O) groups is 1. The first-order valence-corrected chi connectivity index (χ1v) is 7.46. The first-order valence-electron chi connectivity index (χ1n) is 6.58. The van der Waals surface area contributed by atoms with Gasteiger partial charge in [0.15, 0.2) is 0 Å². The molecule has 1 fully saturated rings. The number of aliphatic hydroxyl groups excluding tert-OH is 1. The van der Waals surface area contributed by atoms with Crippen LogP contribution in [-0.2, 0) is 10.2 Å². The summed E-state index contributed by atoms with van der Waals surface area (Å²) >= 11 is 1.65. The third-order valence-corrected chi connectivity index (χ3v) is 5.24. The number of hydrogen-bond acceptors (Lipinski definition) is 3. The van der Waals surface area contributed by atoms with Gasteiger partial charge in [-0.3, -0.25) is 4.79 Å². The van der Waals surface area contributed by atoms with Crippen LogP contribution in [0.2, 0.25) is 0 Å². The third kappa shape index (κ3) is 1.95. The molecule has 100 valence electrons. The van der Waals surface area contributed by atoms with E-state index in [1.165, 1.54) is 4.70 Å². The lowest BCUT2D eigenvalue weighted by Gasteiger charge is -2.36. The highest BCUT2D eigenvalue weighted by atomic mass is 32.1. The molecule has 0 radical (unpaired) electrons. The van der Waals surface area contributed by atoms with Crippen molar-refractivity contribution in [2.75, 3.05) is 0 Å². The van der Waals surface area contributed by atoms with Gasteiger partial charge in [-0.2, -0.15) is 0 Å². The Labute approximate surface area is 116 Å². The molecule has 0 spiro atoms. The van der Waals surface area contributed by atoms with E-state index in [0.717, 1.165) is 10.9 Å². The minimum atomic E-state index is -0.598. The van der Waals surface area contributed by atoms with Crippen LogP contribution in [0.1, 0.15) is 31.2 Å².